The van der Waals surface area contributed by atoms with E-state index in [9.17, 15) is 0 Å². The van der Waals surface area contributed by atoms with Gasteiger partial charge in [-0.25, -0.2) is 0 Å². The van der Waals surface area contributed by atoms with E-state index in [1.54, 1.807) is 7.11 Å². The highest BCUT2D eigenvalue weighted by molar-refractivity contribution is 5.40. The van der Waals surface area contributed by atoms with Crippen molar-refractivity contribution in [1.29, 1.82) is 0 Å². The molecule has 0 atom stereocenters. The van der Waals surface area contributed by atoms with E-state index in [-0.39, 0.29) is 0 Å². The molecule has 4 nitrogen and oxygen atoms in total. The van der Waals surface area contributed by atoms with Crippen molar-refractivity contribution in [1.82, 2.24) is 0 Å². The lowest BCUT2D eigenvalue weighted by molar-refractivity contribution is 0.0815. The van der Waals surface area contributed by atoms with Crippen LogP contribution in [0.2, 0.25) is 0 Å². The predicted molar refractivity (Wildman–Crippen MR) is 72.0 cm³/mol. The molecule has 0 heterocycles. The minimum absolute atomic E-state index is 0.451. The van der Waals surface area contributed by atoms with Gasteiger partial charge in [0.05, 0.1) is 13.7 Å². The first kappa shape index (κ1) is 14.8. The molecule has 1 aromatic carbocycles. The second-order valence-corrected chi connectivity index (χ2v) is 4.50. The average Bonchev–Trinajstić information content (AvgIpc) is 2.37. The second-order valence-electron chi connectivity index (χ2n) is 4.50. The van der Waals surface area contributed by atoms with E-state index < -0.39 is 0 Å². The van der Waals surface area contributed by atoms with Gasteiger partial charge < -0.3 is 19.9 Å². The van der Waals surface area contributed by atoms with Crippen LogP contribution in [0.15, 0.2) is 18.2 Å². The Hall–Kier alpha value is -1.26. The number of rotatable bonds is 8. The standard InChI is InChI=1S/C14H23NO3/c1-11(2)10-17-6-7-18-14-8-13(16-3)5-4-12(14)9-15/h4-5,8,11H,6-7,9-10,15H2,1-3H3. The highest BCUT2D eigenvalue weighted by Gasteiger charge is 2.04. The fraction of sp³-hybridized carbons (Fsp3) is 0.571. The van der Waals surface area contributed by atoms with Gasteiger partial charge in [-0.05, 0) is 12.0 Å². The molecule has 4 heteroatoms. The van der Waals surface area contributed by atoms with Gasteiger partial charge in [-0.3, -0.25) is 0 Å². The molecule has 0 aliphatic rings. The van der Waals surface area contributed by atoms with E-state index in [1.165, 1.54) is 0 Å². The Labute approximate surface area is 109 Å². The van der Waals surface area contributed by atoms with Crippen molar-refractivity contribution in [2.45, 2.75) is 20.4 Å². The minimum atomic E-state index is 0.451. The number of methoxy groups -OCH3 is 1. The largest absolute Gasteiger partial charge is 0.497 e. The smallest absolute Gasteiger partial charge is 0.127 e. The van der Waals surface area contributed by atoms with Crippen LogP contribution >= 0.6 is 0 Å². The molecule has 0 unspecified atom stereocenters. The van der Waals surface area contributed by atoms with E-state index in [2.05, 4.69) is 13.8 Å². The Kier molecular flexibility index (Phi) is 6.54. The minimum Gasteiger partial charge on any atom is -0.497 e. The molecule has 0 aliphatic carbocycles. The van der Waals surface area contributed by atoms with Crippen molar-refractivity contribution in [3.05, 3.63) is 23.8 Å². The third kappa shape index (κ3) is 4.94. The molecule has 0 saturated carbocycles. The topological polar surface area (TPSA) is 53.7 Å². The first-order valence-electron chi connectivity index (χ1n) is 6.25. The maximum atomic E-state index is 5.67. The number of benzene rings is 1. The quantitative estimate of drug-likeness (QED) is 0.722. The van der Waals surface area contributed by atoms with Crippen molar-refractivity contribution in [2.75, 3.05) is 26.9 Å². The van der Waals surface area contributed by atoms with Gasteiger partial charge in [0.25, 0.3) is 0 Å². The van der Waals surface area contributed by atoms with Crippen LogP contribution in [0.25, 0.3) is 0 Å². The number of hydrogen-bond acceptors (Lipinski definition) is 4. The lowest BCUT2D eigenvalue weighted by Gasteiger charge is -2.12. The Bertz CT molecular complexity index is 353. The summed E-state index contributed by atoms with van der Waals surface area (Å²) in [7, 11) is 1.63. The number of hydrogen-bond donors (Lipinski definition) is 1. The molecule has 102 valence electrons. The third-order valence-corrected chi connectivity index (χ3v) is 2.43. The summed E-state index contributed by atoms with van der Waals surface area (Å²) in [6.07, 6.45) is 0. The summed E-state index contributed by atoms with van der Waals surface area (Å²) >= 11 is 0. The Morgan fingerprint density at radius 2 is 2.00 bits per heavy atom. The fourth-order valence-electron chi connectivity index (χ4n) is 1.49. The highest BCUT2D eigenvalue weighted by atomic mass is 16.5. The van der Waals surface area contributed by atoms with Crippen molar-refractivity contribution in [3.63, 3.8) is 0 Å². The van der Waals surface area contributed by atoms with Gasteiger partial charge in [0.2, 0.25) is 0 Å². The van der Waals surface area contributed by atoms with Crippen LogP contribution < -0.4 is 15.2 Å². The first-order valence-corrected chi connectivity index (χ1v) is 6.25. The normalized spacial score (nSPS) is 10.7. The molecule has 0 radical (unpaired) electrons. The number of ether oxygens (including phenoxy) is 3. The van der Waals surface area contributed by atoms with Crippen LogP contribution in [0.4, 0.5) is 0 Å². The van der Waals surface area contributed by atoms with Gasteiger partial charge in [-0.1, -0.05) is 19.9 Å². The average molecular weight is 253 g/mol. The Balaban J connectivity index is 2.44. The van der Waals surface area contributed by atoms with Crippen molar-refractivity contribution in [2.24, 2.45) is 11.7 Å². The first-order chi connectivity index (χ1) is 8.67. The summed E-state index contributed by atoms with van der Waals surface area (Å²) in [5.74, 6) is 2.08. The Morgan fingerprint density at radius 3 is 2.61 bits per heavy atom. The van der Waals surface area contributed by atoms with Gasteiger partial charge in [0.1, 0.15) is 18.1 Å². The molecule has 0 fully saturated rings. The van der Waals surface area contributed by atoms with E-state index in [0.717, 1.165) is 23.7 Å². The zero-order chi connectivity index (χ0) is 13.4. The molecule has 18 heavy (non-hydrogen) atoms. The lowest BCUT2D eigenvalue weighted by Crippen LogP contribution is -2.11. The molecule has 0 amide bonds. The molecular formula is C14H23NO3. The fourth-order valence-corrected chi connectivity index (χ4v) is 1.49. The van der Waals surface area contributed by atoms with Crippen LogP contribution in [0.1, 0.15) is 19.4 Å². The number of nitrogens with two attached hydrogens (primary N) is 1. The van der Waals surface area contributed by atoms with Gasteiger partial charge in [-0.2, -0.15) is 0 Å². The molecule has 0 aromatic heterocycles. The molecule has 1 rings (SSSR count). The Morgan fingerprint density at radius 1 is 1.22 bits per heavy atom. The zero-order valence-electron chi connectivity index (χ0n) is 11.4. The van der Waals surface area contributed by atoms with Gasteiger partial charge >= 0.3 is 0 Å². The summed E-state index contributed by atoms with van der Waals surface area (Å²) in [5.41, 5.74) is 6.63. The predicted octanol–water partition coefficient (Wildman–Crippen LogP) is 2.21. The summed E-state index contributed by atoms with van der Waals surface area (Å²) in [5, 5.41) is 0. The van der Waals surface area contributed by atoms with Crippen LogP contribution in [-0.4, -0.2) is 26.9 Å². The SMILES string of the molecule is COc1ccc(CN)c(OCCOCC(C)C)c1. The van der Waals surface area contributed by atoms with Crippen LogP contribution in [0.5, 0.6) is 11.5 Å². The van der Waals surface area contributed by atoms with Crippen molar-refractivity contribution >= 4 is 0 Å². The maximum absolute atomic E-state index is 5.67. The summed E-state index contributed by atoms with van der Waals surface area (Å²) in [6.45, 7) is 6.55. The molecule has 0 saturated heterocycles. The highest BCUT2D eigenvalue weighted by Crippen LogP contribution is 2.24. The summed E-state index contributed by atoms with van der Waals surface area (Å²) < 4.78 is 16.3. The van der Waals surface area contributed by atoms with Gasteiger partial charge in [0, 0.05) is 24.8 Å². The molecule has 0 bridgehead atoms. The van der Waals surface area contributed by atoms with E-state index >= 15 is 0 Å². The van der Waals surface area contributed by atoms with Gasteiger partial charge in [0.15, 0.2) is 0 Å². The molecule has 0 spiro atoms. The molecule has 1 aromatic rings. The van der Waals surface area contributed by atoms with Gasteiger partial charge in [-0.15, -0.1) is 0 Å². The van der Waals surface area contributed by atoms with E-state index in [0.29, 0.717) is 25.7 Å². The molecule has 2 N–H and O–H groups in total. The monoisotopic (exact) mass is 253 g/mol. The summed E-state index contributed by atoms with van der Waals surface area (Å²) in [6, 6.07) is 5.65. The van der Waals surface area contributed by atoms with Crippen LogP contribution in [-0.2, 0) is 11.3 Å². The zero-order valence-corrected chi connectivity index (χ0v) is 11.4. The van der Waals surface area contributed by atoms with Crippen LogP contribution in [0.3, 0.4) is 0 Å². The molecule has 0 aliphatic heterocycles. The van der Waals surface area contributed by atoms with Crippen molar-refractivity contribution < 1.29 is 14.2 Å². The van der Waals surface area contributed by atoms with Crippen LogP contribution in [0, 0.1) is 5.92 Å². The van der Waals surface area contributed by atoms with Crippen molar-refractivity contribution in [3.8, 4) is 11.5 Å². The molecular weight excluding hydrogens is 230 g/mol. The van der Waals surface area contributed by atoms with E-state index in [4.69, 9.17) is 19.9 Å². The third-order valence-electron chi connectivity index (χ3n) is 2.43. The lowest BCUT2D eigenvalue weighted by atomic mass is 10.2. The maximum Gasteiger partial charge on any atom is 0.127 e. The summed E-state index contributed by atoms with van der Waals surface area (Å²) in [4.78, 5) is 0. The van der Waals surface area contributed by atoms with E-state index in [1.807, 2.05) is 18.2 Å². The second kappa shape index (κ2) is 7.95.